The quantitative estimate of drug-likeness (QED) is 0.346. The van der Waals surface area contributed by atoms with E-state index in [2.05, 4.69) is 32.3 Å². The third-order valence-electron chi connectivity index (χ3n) is 4.61. The van der Waals surface area contributed by atoms with Gasteiger partial charge in [-0.3, -0.25) is 5.10 Å². The number of likely N-dealkylation sites (tertiary alicyclic amines) is 1. The van der Waals surface area contributed by atoms with Crippen LogP contribution >= 0.6 is 35.6 Å². The number of ether oxygens (including phenoxy) is 1. The van der Waals surface area contributed by atoms with Gasteiger partial charge in [-0.25, -0.2) is 9.98 Å². The van der Waals surface area contributed by atoms with E-state index >= 15 is 0 Å². The molecule has 1 aromatic carbocycles. The SMILES string of the molecule is CCNC(=NCC(C)Oc1ccccc1Cl)N1CCC(c2ncn[nH]2)CC1.I. The van der Waals surface area contributed by atoms with Crippen molar-refractivity contribution in [3.63, 3.8) is 0 Å². The van der Waals surface area contributed by atoms with Gasteiger partial charge in [-0.05, 0) is 38.8 Å². The number of piperidine rings is 1. The molecule has 154 valence electrons. The van der Waals surface area contributed by atoms with Crippen molar-refractivity contribution in [3.05, 3.63) is 41.4 Å². The molecule has 0 saturated carbocycles. The Morgan fingerprint density at radius 1 is 1.39 bits per heavy atom. The van der Waals surface area contributed by atoms with Crippen molar-refractivity contribution in [2.24, 2.45) is 4.99 Å². The molecule has 3 rings (SSSR count). The maximum atomic E-state index is 6.16. The van der Waals surface area contributed by atoms with E-state index in [0.29, 0.717) is 23.2 Å². The Morgan fingerprint density at radius 3 is 2.79 bits per heavy atom. The number of aliphatic imine (C=N–C) groups is 1. The van der Waals surface area contributed by atoms with Crippen LogP contribution in [0.25, 0.3) is 0 Å². The summed E-state index contributed by atoms with van der Waals surface area (Å²) in [5.41, 5.74) is 0. The summed E-state index contributed by atoms with van der Waals surface area (Å²) in [7, 11) is 0. The van der Waals surface area contributed by atoms with Gasteiger partial charge in [0, 0.05) is 25.6 Å². The molecule has 1 fully saturated rings. The predicted octanol–water partition coefficient (Wildman–Crippen LogP) is 3.69. The van der Waals surface area contributed by atoms with Crippen LogP contribution in [0.3, 0.4) is 0 Å². The van der Waals surface area contributed by atoms with Gasteiger partial charge >= 0.3 is 0 Å². The fraction of sp³-hybridized carbons (Fsp3) is 0.526. The summed E-state index contributed by atoms with van der Waals surface area (Å²) in [5, 5.41) is 11.0. The minimum absolute atomic E-state index is 0. The lowest BCUT2D eigenvalue weighted by Gasteiger charge is -2.33. The molecule has 1 saturated heterocycles. The topological polar surface area (TPSA) is 78.4 Å². The van der Waals surface area contributed by atoms with Crippen LogP contribution in [0.4, 0.5) is 0 Å². The summed E-state index contributed by atoms with van der Waals surface area (Å²) >= 11 is 6.16. The molecule has 2 heterocycles. The maximum Gasteiger partial charge on any atom is 0.194 e. The lowest BCUT2D eigenvalue weighted by molar-refractivity contribution is 0.228. The van der Waals surface area contributed by atoms with Crippen LogP contribution in [0.1, 0.15) is 38.4 Å². The number of aromatic nitrogens is 3. The Balaban J connectivity index is 0.00000280. The highest BCUT2D eigenvalue weighted by molar-refractivity contribution is 14.0. The molecule has 2 aromatic rings. The zero-order valence-corrected chi connectivity index (χ0v) is 19.4. The molecule has 28 heavy (non-hydrogen) atoms. The highest BCUT2D eigenvalue weighted by Crippen LogP contribution is 2.25. The summed E-state index contributed by atoms with van der Waals surface area (Å²) in [5.74, 6) is 3.05. The molecule has 7 nitrogen and oxygen atoms in total. The number of halogens is 2. The minimum atomic E-state index is -0.0645. The standard InChI is InChI=1S/C19H27ClN6O.HI/c1-3-21-19(22-12-14(2)27-17-7-5-4-6-16(17)20)26-10-8-15(9-11-26)18-23-13-24-25-18;/h4-7,13-15H,3,8-12H2,1-2H3,(H,21,22)(H,23,24,25);1H. The molecule has 1 aliphatic heterocycles. The van der Waals surface area contributed by atoms with E-state index in [1.165, 1.54) is 0 Å². The number of para-hydroxylation sites is 1. The second-order valence-corrected chi connectivity index (χ2v) is 7.09. The number of nitrogens with zero attached hydrogens (tertiary/aromatic N) is 4. The number of benzene rings is 1. The average molecular weight is 519 g/mol. The molecule has 0 spiro atoms. The van der Waals surface area contributed by atoms with Crippen molar-refractivity contribution in [2.75, 3.05) is 26.2 Å². The zero-order chi connectivity index (χ0) is 19.1. The molecule has 1 aromatic heterocycles. The van der Waals surface area contributed by atoms with Crippen LogP contribution in [0.5, 0.6) is 5.75 Å². The van der Waals surface area contributed by atoms with Gasteiger partial charge in [-0.2, -0.15) is 5.10 Å². The first-order valence-corrected chi connectivity index (χ1v) is 9.85. The first-order chi connectivity index (χ1) is 13.2. The number of guanidine groups is 1. The van der Waals surface area contributed by atoms with E-state index in [9.17, 15) is 0 Å². The van der Waals surface area contributed by atoms with Crippen LogP contribution < -0.4 is 10.1 Å². The highest BCUT2D eigenvalue weighted by Gasteiger charge is 2.24. The molecule has 0 amide bonds. The Kier molecular flexibility index (Phi) is 9.30. The lowest BCUT2D eigenvalue weighted by Crippen LogP contribution is -2.45. The van der Waals surface area contributed by atoms with Crippen molar-refractivity contribution in [2.45, 2.75) is 38.7 Å². The van der Waals surface area contributed by atoms with Crippen molar-refractivity contribution in [1.82, 2.24) is 25.4 Å². The summed E-state index contributed by atoms with van der Waals surface area (Å²) < 4.78 is 5.92. The number of hydrogen-bond donors (Lipinski definition) is 2. The Bertz CT molecular complexity index is 734. The fourth-order valence-electron chi connectivity index (χ4n) is 3.21. The zero-order valence-electron chi connectivity index (χ0n) is 16.3. The second-order valence-electron chi connectivity index (χ2n) is 6.69. The molecular weight excluding hydrogens is 491 g/mol. The van der Waals surface area contributed by atoms with Crippen molar-refractivity contribution in [3.8, 4) is 5.75 Å². The van der Waals surface area contributed by atoms with Gasteiger partial charge in [0.2, 0.25) is 0 Å². The van der Waals surface area contributed by atoms with E-state index in [1.54, 1.807) is 6.33 Å². The number of rotatable bonds is 6. The molecule has 1 atom stereocenters. The van der Waals surface area contributed by atoms with Gasteiger partial charge in [-0.1, -0.05) is 23.7 Å². The third kappa shape index (κ3) is 6.23. The Morgan fingerprint density at radius 2 is 2.14 bits per heavy atom. The third-order valence-corrected chi connectivity index (χ3v) is 4.92. The predicted molar refractivity (Wildman–Crippen MR) is 123 cm³/mol. The Hall–Kier alpha value is -1.55. The minimum Gasteiger partial charge on any atom is -0.487 e. The molecular formula is C19H28ClIN6O. The van der Waals surface area contributed by atoms with Crippen LogP contribution in [-0.2, 0) is 0 Å². The van der Waals surface area contributed by atoms with E-state index in [4.69, 9.17) is 21.3 Å². The van der Waals surface area contributed by atoms with Crippen molar-refractivity contribution < 1.29 is 4.74 Å². The molecule has 1 aliphatic rings. The van der Waals surface area contributed by atoms with Gasteiger partial charge in [0.25, 0.3) is 0 Å². The van der Waals surface area contributed by atoms with Crippen LogP contribution in [-0.4, -0.2) is 58.3 Å². The normalized spacial score (nSPS) is 16.4. The largest absolute Gasteiger partial charge is 0.487 e. The highest BCUT2D eigenvalue weighted by atomic mass is 127. The van der Waals surface area contributed by atoms with Gasteiger partial charge in [0.1, 0.15) is 24.0 Å². The summed E-state index contributed by atoms with van der Waals surface area (Å²) in [4.78, 5) is 11.4. The van der Waals surface area contributed by atoms with Crippen LogP contribution in [0.2, 0.25) is 5.02 Å². The molecule has 2 N–H and O–H groups in total. The number of H-pyrrole nitrogens is 1. The van der Waals surface area contributed by atoms with Crippen LogP contribution in [0.15, 0.2) is 35.6 Å². The summed E-state index contributed by atoms with van der Waals surface area (Å²) in [6, 6.07) is 7.52. The van der Waals surface area contributed by atoms with Crippen molar-refractivity contribution in [1.29, 1.82) is 0 Å². The molecule has 0 aliphatic carbocycles. The first kappa shape index (κ1) is 22.7. The number of nitrogens with one attached hydrogen (secondary N) is 2. The van der Waals surface area contributed by atoms with E-state index in [1.807, 2.05) is 31.2 Å². The Labute approximate surface area is 188 Å². The molecule has 0 bridgehead atoms. The van der Waals surface area contributed by atoms with Gasteiger partial charge in [0.15, 0.2) is 5.96 Å². The maximum absolute atomic E-state index is 6.16. The fourth-order valence-corrected chi connectivity index (χ4v) is 3.39. The number of hydrogen-bond acceptors (Lipinski definition) is 4. The van der Waals surface area contributed by atoms with Gasteiger partial charge < -0.3 is 15.0 Å². The van der Waals surface area contributed by atoms with E-state index in [0.717, 1.165) is 44.3 Å². The number of aromatic amines is 1. The second kappa shape index (κ2) is 11.5. The van der Waals surface area contributed by atoms with Gasteiger partial charge in [0.05, 0.1) is 11.6 Å². The summed E-state index contributed by atoms with van der Waals surface area (Å²) in [6.45, 7) is 7.37. The average Bonchev–Trinajstić information content (AvgIpc) is 3.22. The molecule has 0 radical (unpaired) electrons. The first-order valence-electron chi connectivity index (χ1n) is 9.47. The lowest BCUT2D eigenvalue weighted by atomic mass is 9.96. The van der Waals surface area contributed by atoms with Crippen molar-refractivity contribution >= 4 is 41.5 Å². The van der Waals surface area contributed by atoms with Gasteiger partial charge in [-0.15, -0.1) is 24.0 Å². The molecule has 9 heteroatoms. The van der Waals surface area contributed by atoms with E-state index in [-0.39, 0.29) is 30.1 Å². The smallest absolute Gasteiger partial charge is 0.194 e. The monoisotopic (exact) mass is 518 g/mol. The molecule has 1 unspecified atom stereocenters. The van der Waals surface area contributed by atoms with Crippen LogP contribution in [0, 0.1) is 0 Å². The summed E-state index contributed by atoms with van der Waals surface area (Å²) in [6.07, 6.45) is 3.58. The van der Waals surface area contributed by atoms with E-state index < -0.39 is 0 Å².